The number of furan rings is 1. The van der Waals surface area contributed by atoms with E-state index in [1.165, 1.54) is 0 Å². The Morgan fingerprint density at radius 1 is 1.18 bits per heavy atom. The number of tetrazole rings is 1. The summed E-state index contributed by atoms with van der Waals surface area (Å²) in [6.07, 6.45) is 3.35. The Bertz CT molecular complexity index is 1270. The van der Waals surface area contributed by atoms with Gasteiger partial charge in [0.15, 0.2) is 5.82 Å². The normalized spacial score (nSPS) is 13.2. The van der Waals surface area contributed by atoms with Crippen molar-refractivity contribution in [2.75, 3.05) is 0 Å². The van der Waals surface area contributed by atoms with Crippen LogP contribution in [0.4, 0.5) is 0 Å². The molecule has 0 radical (unpaired) electrons. The first-order valence-corrected chi connectivity index (χ1v) is 11.5. The average molecular weight is 449 g/mol. The topological polar surface area (TPSA) is 92.8 Å². The van der Waals surface area contributed by atoms with Crippen LogP contribution in [0, 0.1) is 6.92 Å². The van der Waals surface area contributed by atoms with Crippen LogP contribution in [-0.4, -0.2) is 30.1 Å². The van der Waals surface area contributed by atoms with E-state index in [1.54, 1.807) is 6.26 Å². The highest BCUT2D eigenvalue weighted by Gasteiger charge is 2.31. The van der Waals surface area contributed by atoms with E-state index in [-0.39, 0.29) is 17.1 Å². The summed E-state index contributed by atoms with van der Waals surface area (Å²) in [6, 6.07) is 11.8. The van der Waals surface area contributed by atoms with E-state index < -0.39 is 0 Å². The van der Waals surface area contributed by atoms with Crippen molar-refractivity contribution in [1.29, 1.82) is 0 Å². The van der Waals surface area contributed by atoms with Gasteiger partial charge in [0, 0.05) is 12.1 Å². The van der Waals surface area contributed by atoms with E-state index in [0.29, 0.717) is 18.7 Å². The summed E-state index contributed by atoms with van der Waals surface area (Å²) in [5, 5.41) is 13.8. The van der Waals surface area contributed by atoms with E-state index in [1.807, 2.05) is 48.0 Å². The Balaban J connectivity index is 1.76. The van der Waals surface area contributed by atoms with Crippen LogP contribution < -0.4 is 5.56 Å². The van der Waals surface area contributed by atoms with Gasteiger partial charge in [-0.25, -0.2) is 4.68 Å². The number of hydrogen-bond acceptors (Lipinski definition) is 6. The Morgan fingerprint density at radius 3 is 2.70 bits per heavy atom. The molecule has 0 aliphatic heterocycles. The van der Waals surface area contributed by atoms with Crippen molar-refractivity contribution in [3.63, 3.8) is 0 Å². The number of hydrogen-bond donors (Lipinski definition) is 1. The second-order valence-corrected chi connectivity index (χ2v) is 9.19. The smallest absolute Gasteiger partial charge is 0.252 e. The zero-order valence-electron chi connectivity index (χ0n) is 20.0. The van der Waals surface area contributed by atoms with E-state index >= 15 is 0 Å². The molecule has 0 aliphatic rings. The van der Waals surface area contributed by atoms with Crippen molar-refractivity contribution in [3.05, 3.63) is 75.7 Å². The van der Waals surface area contributed by atoms with Crippen LogP contribution in [0.5, 0.6) is 0 Å². The number of aryl methyl sites for hydroxylation is 1. The molecule has 4 aromatic rings. The van der Waals surface area contributed by atoms with Crippen LogP contribution in [0.1, 0.15) is 69.3 Å². The number of aromatic amines is 1. The lowest BCUT2D eigenvalue weighted by Gasteiger charge is -2.32. The fraction of sp³-hybridized carbons (Fsp3) is 0.440. The lowest BCUT2D eigenvalue weighted by molar-refractivity contribution is 0.140. The van der Waals surface area contributed by atoms with Gasteiger partial charge < -0.3 is 9.40 Å². The predicted molar refractivity (Wildman–Crippen MR) is 128 cm³/mol. The number of rotatable bonds is 9. The minimum absolute atomic E-state index is 0.0791. The van der Waals surface area contributed by atoms with Crippen LogP contribution in [0.15, 0.2) is 51.9 Å². The minimum atomic E-state index is -0.222. The second kappa shape index (κ2) is 9.31. The standard InChI is InChI=1S/C25H32N6O2/c1-6-21(23-27-28-29-31(23)25(4,5)7-2)30(16-20-12-9-13-33-20)15-19-14-18-11-8-10-17(3)22(18)26-24(19)32/h8-14,21H,6-7,15-16H2,1-5H3,(H,26,32). The summed E-state index contributed by atoms with van der Waals surface area (Å²) in [7, 11) is 0. The van der Waals surface area contributed by atoms with Crippen molar-refractivity contribution >= 4 is 10.9 Å². The van der Waals surface area contributed by atoms with Crippen LogP contribution in [0.3, 0.4) is 0 Å². The average Bonchev–Trinajstić information content (AvgIpc) is 3.48. The Hall–Kier alpha value is -3.26. The highest BCUT2D eigenvalue weighted by Crippen LogP contribution is 2.30. The maximum Gasteiger partial charge on any atom is 0.252 e. The van der Waals surface area contributed by atoms with Crippen molar-refractivity contribution in [3.8, 4) is 0 Å². The van der Waals surface area contributed by atoms with Gasteiger partial charge in [0.05, 0.1) is 29.9 Å². The Morgan fingerprint density at radius 2 is 2.00 bits per heavy atom. The molecule has 3 aromatic heterocycles. The van der Waals surface area contributed by atoms with E-state index in [2.05, 4.69) is 53.1 Å². The molecule has 8 heteroatoms. The summed E-state index contributed by atoms with van der Waals surface area (Å²) in [5.41, 5.74) is 2.33. The Kier molecular flexibility index (Phi) is 6.47. The third-order valence-electron chi connectivity index (χ3n) is 6.54. The first kappa shape index (κ1) is 22.9. The number of fused-ring (bicyclic) bond motifs is 1. The number of para-hydroxylation sites is 1. The molecule has 0 saturated heterocycles. The Labute approximate surface area is 193 Å². The number of aromatic nitrogens is 5. The molecule has 8 nitrogen and oxygen atoms in total. The van der Waals surface area contributed by atoms with Gasteiger partial charge in [0.1, 0.15) is 5.76 Å². The largest absolute Gasteiger partial charge is 0.468 e. The van der Waals surface area contributed by atoms with Crippen molar-refractivity contribution in [2.24, 2.45) is 0 Å². The summed E-state index contributed by atoms with van der Waals surface area (Å²) >= 11 is 0. The molecule has 0 fully saturated rings. The molecular weight excluding hydrogens is 416 g/mol. The second-order valence-electron chi connectivity index (χ2n) is 9.19. The molecule has 0 amide bonds. The maximum atomic E-state index is 13.0. The molecule has 0 aliphatic carbocycles. The molecular formula is C25H32N6O2. The molecule has 0 bridgehead atoms. The molecule has 1 aromatic carbocycles. The third-order valence-corrected chi connectivity index (χ3v) is 6.54. The van der Waals surface area contributed by atoms with Crippen molar-refractivity contribution in [2.45, 2.75) is 72.1 Å². The molecule has 0 saturated carbocycles. The molecule has 1 unspecified atom stereocenters. The van der Waals surface area contributed by atoms with Gasteiger partial charge in [-0.3, -0.25) is 9.69 Å². The van der Waals surface area contributed by atoms with E-state index in [9.17, 15) is 4.79 Å². The first-order chi connectivity index (χ1) is 15.8. The predicted octanol–water partition coefficient (Wildman–Crippen LogP) is 4.71. The summed E-state index contributed by atoms with van der Waals surface area (Å²) in [4.78, 5) is 18.3. The van der Waals surface area contributed by atoms with Gasteiger partial charge >= 0.3 is 0 Å². The van der Waals surface area contributed by atoms with Gasteiger partial charge in [-0.05, 0) is 73.2 Å². The lowest BCUT2D eigenvalue weighted by atomic mass is 10.0. The fourth-order valence-electron chi connectivity index (χ4n) is 4.23. The highest BCUT2D eigenvalue weighted by molar-refractivity contribution is 5.81. The van der Waals surface area contributed by atoms with Gasteiger partial charge in [-0.2, -0.15) is 0 Å². The highest BCUT2D eigenvalue weighted by atomic mass is 16.3. The third kappa shape index (κ3) is 4.61. The van der Waals surface area contributed by atoms with Gasteiger partial charge in [-0.1, -0.05) is 32.0 Å². The van der Waals surface area contributed by atoms with Crippen LogP contribution in [-0.2, 0) is 18.6 Å². The van der Waals surface area contributed by atoms with Crippen molar-refractivity contribution < 1.29 is 4.42 Å². The number of H-pyrrole nitrogens is 1. The van der Waals surface area contributed by atoms with Crippen molar-refractivity contribution in [1.82, 2.24) is 30.1 Å². The SMILES string of the molecule is CCC(c1nnnn1C(C)(C)CC)N(Cc1ccco1)Cc1cc2cccc(C)c2[nH]c1=O. The zero-order chi connectivity index (χ0) is 23.6. The zero-order valence-corrected chi connectivity index (χ0v) is 20.0. The van der Waals surface area contributed by atoms with E-state index in [4.69, 9.17) is 4.42 Å². The monoisotopic (exact) mass is 448 g/mol. The number of pyridine rings is 1. The molecule has 1 atom stereocenters. The number of benzene rings is 1. The molecule has 33 heavy (non-hydrogen) atoms. The van der Waals surface area contributed by atoms with Crippen LogP contribution in [0.2, 0.25) is 0 Å². The van der Waals surface area contributed by atoms with Gasteiger partial charge in [-0.15, -0.1) is 5.10 Å². The molecule has 1 N–H and O–H groups in total. The quantitative estimate of drug-likeness (QED) is 0.398. The molecule has 0 spiro atoms. The summed E-state index contributed by atoms with van der Waals surface area (Å²) < 4.78 is 7.58. The van der Waals surface area contributed by atoms with E-state index in [0.717, 1.165) is 40.9 Å². The van der Waals surface area contributed by atoms with Gasteiger partial charge in [0.25, 0.3) is 5.56 Å². The summed E-state index contributed by atoms with van der Waals surface area (Å²) in [6.45, 7) is 11.5. The fourth-order valence-corrected chi connectivity index (χ4v) is 4.23. The summed E-state index contributed by atoms with van der Waals surface area (Å²) in [5.74, 6) is 1.62. The molecule has 4 rings (SSSR count). The maximum absolute atomic E-state index is 13.0. The molecule has 174 valence electrons. The van der Waals surface area contributed by atoms with Crippen LogP contribution >= 0.6 is 0 Å². The molecule has 3 heterocycles. The minimum Gasteiger partial charge on any atom is -0.468 e. The first-order valence-electron chi connectivity index (χ1n) is 11.5. The lowest BCUT2D eigenvalue weighted by Crippen LogP contribution is -2.36. The van der Waals surface area contributed by atoms with Gasteiger partial charge in [0.2, 0.25) is 0 Å². The number of nitrogens with one attached hydrogen (secondary N) is 1. The number of nitrogens with zero attached hydrogens (tertiary/aromatic N) is 5. The van der Waals surface area contributed by atoms with Crippen LogP contribution in [0.25, 0.3) is 10.9 Å².